The molecule has 4 rings (SSSR count). The molecule has 2 nitrogen and oxygen atoms in total. The lowest BCUT2D eigenvalue weighted by atomic mass is 9.50. The molecule has 0 aromatic carbocycles. The molecule has 0 radical (unpaired) electrons. The van der Waals surface area contributed by atoms with Crippen molar-refractivity contribution in [3.63, 3.8) is 0 Å². The van der Waals surface area contributed by atoms with E-state index in [-0.39, 0.29) is 5.41 Å². The van der Waals surface area contributed by atoms with Crippen molar-refractivity contribution in [3.05, 3.63) is 21.4 Å². The molecule has 0 aromatic heterocycles. The van der Waals surface area contributed by atoms with Crippen LogP contribution in [0.4, 0.5) is 0 Å². The van der Waals surface area contributed by atoms with Crippen LogP contribution >= 0.6 is 22.6 Å². The zero-order valence-electron chi connectivity index (χ0n) is 13.9. The van der Waals surface area contributed by atoms with Crippen LogP contribution in [0.1, 0.15) is 52.4 Å². The summed E-state index contributed by atoms with van der Waals surface area (Å²) in [5, 5.41) is 0. The smallest absolute Gasteiger partial charge is 0.226 e. The molecular formula is C19H26INO. The number of amides is 1. The molecular weight excluding hydrogens is 385 g/mol. The maximum Gasteiger partial charge on any atom is 0.226 e. The summed E-state index contributed by atoms with van der Waals surface area (Å²) in [7, 11) is 1.99. The zero-order valence-corrected chi connectivity index (χ0v) is 16.0. The SMILES string of the molecule is CN1C(=O)CC[C@@]2(C)C1=CCC1C2CC[C@]2(C)C(I)=CCC12. The Labute approximate surface area is 147 Å². The molecule has 1 heterocycles. The maximum absolute atomic E-state index is 12.1. The number of rotatable bonds is 0. The summed E-state index contributed by atoms with van der Waals surface area (Å²) in [6.45, 7) is 4.94. The number of carbonyl (C=O) groups is 1. The minimum absolute atomic E-state index is 0.223. The molecule has 0 aromatic rings. The van der Waals surface area contributed by atoms with Gasteiger partial charge in [0.05, 0.1) is 0 Å². The molecule has 1 saturated heterocycles. The first kappa shape index (κ1) is 15.2. The Bertz CT molecular complexity index is 594. The van der Waals surface area contributed by atoms with Crippen molar-refractivity contribution in [2.24, 2.45) is 28.6 Å². The number of hydrogen-bond acceptors (Lipinski definition) is 1. The van der Waals surface area contributed by atoms with E-state index in [0.717, 1.165) is 30.6 Å². The van der Waals surface area contributed by atoms with E-state index in [1.807, 2.05) is 11.9 Å². The largest absolute Gasteiger partial charge is 0.319 e. The zero-order chi connectivity index (χ0) is 15.7. The summed E-state index contributed by atoms with van der Waals surface area (Å²) in [6.07, 6.45) is 11.8. The molecule has 3 unspecified atom stereocenters. The number of allylic oxidation sites excluding steroid dienone is 4. The van der Waals surface area contributed by atoms with Crippen molar-refractivity contribution < 1.29 is 4.79 Å². The molecule has 22 heavy (non-hydrogen) atoms. The molecule has 0 N–H and O–H groups in total. The van der Waals surface area contributed by atoms with Crippen LogP contribution in [0.25, 0.3) is 0 Å². The average Bonchev–Trinajstić information content (AvgIpc) is 2.79. The Balaban J connectivity index is 1.72. The fourth-order valence-electron chi connectivity index (χ4n) is 6.10. The van der Waals surface area contributed by atoms with Crippen LogP contribution in [0.3, 0.4) is 0 Å². The Morgan fingerprint density at radius 1 is 1.14 bits per heavy atom. The molecule has 3 aliphatic carbocycles. The second kappa shape index (κ2) is 4.84. The molecule has 3 heteroatoms. The number of carbonyl (C=O) groups excluding carboxylic acids is 1. The van der Waals surface area contributed by atoms with Gasteiger partial charge in [0.15, 0.2) is 0 Å². The maximum atomic E-state index is 12.1. The fraction of sp³-hybridized carbons (Fsp3) is 0.737. The number of nitrogens with zero attached hydrogens (tertiary/aromatic N) is 1. The van der Waals surface area contributed by atoms with Crippen LogP contribution in [-0.4, -0.2) is 17.9 Å². The van der Waals surface area contributed by atoms with E-state index in [1.54, 1.807) is 3.58 Å². The summed E-state index contributed by atoms with van der Waals surface area (Å²) in [5.41, 5.74) is 1.98. The van der Waals surface area contributed by atoms with Crippen molar-refractivity contribution in [2.45, 2.75) is 52.4 Å². The Hall–Kier alpha value is -0.320. The molecule has 5 atom stereocenters. The van der Waals surface area contributed by atoms with Gasteiger partial charge >= 0.3 is 0 Å². The minimum atomic E-state index is 0.223. The fourth-order valence-corrected chi connectivity index (χ4v) is 7.02. The van der Waals surface area contributed by atoms with Crippen molar-refractivity contribution in [2.75, 3.05) is 7.05 Å². The summed E-state index contributed by atoms with van der Waals surface area (Å²) < 4.78 is 1.60. The Morgan fingerprint density at radius 2 is 1.91 bits per heavy atom. The van der Waals surface area contributed by atoms with Gasteiger partial charge in [-0.2, -0.15) is 0 Å². The van der Waals surface area contributed by atoms with Gasteiger partial charge in [-0.15, -0.1) is 0 Å². The van der Waals surface area contributed by atoms with E-state index in [4.69, 9.17) is 0 Å². The third kappa shape index (κ3) is 1.81. The molecule has 120 valence electrons. The highest BCUT2D eigenvalue weighted by Gasteiger charge is 2.57. The van der Waals surface area contributed by atoms with E-state index in [1.165, 1.54) is 31.4 Å². The van der Waals surface area contributed by atoms with Gasteiger partial charge in [0.25, 0.3) is 0 Å². The number of fused-ring (bicyclic) bond motifs is 5. The first-order valence-corrected chi connectivity index (χ1v) is 9.79. The number of hydrogen-bond donors (Lipinski definition) is 0. The van der Waals surface area contributed by atoms with Gasteiger partial charge < -0.3 is 4.90 Å². The molecule has 0 bridgehead atoms. The molecule has 1 amide bonds. The Morgan fingerprint density at radius 3 is 2.68 bits per heavy atom. The predicted molar refractivity (Wildman–Crippen MR) is 97.3 cm³/mol. The van der Waals surface area contributed by atoms with Crippen LogP contribution < -0.4 is 0 Å². The minimum Gasteiger partial charge on any atom is -0.319 e. The average molecular weight is 411 g/mol. The molecule has 2 fully saturated rings. The van der Waals surface area contributed by atoms with Gasteiger partial charge in [0.1, 0.15) is 0 Å². The third-order valence-electron chi connectivity index (χ3n) is 7.50. The standard InChI is InChI=1S/C19H26INO/c1-18-10-8-14-12(13(18)5-6-15(18)20)4-7-16-19(14,2)11-9-17(22)21(16)3/h6-7,12-14H,4-5,8-11H2,1-3H3/t12?,13?,14?,18-,19+/m0/s1. The normalized spacial score (nSPS) is 47.4. The van der Waals surface area contributed by atoms with Crippen LogP contribution in [0.15, 0.2) is 21.4 Å². The first-order chi connectivity index (χ1) is 10.4. The van der Waals surface area contributed by atoms with Crippen molar-refractivity contribution in [3.8, 4) is 0 Å². The van der Waals surface area contributed by atoms with Crippen molar-refractivity contribution >= 4 is 28.5 Å². The lowest BCUT2D eigenvalue weighted by Gasteiger charge is -2.58. The van der Waals surface area contributed by atoms with Crippen LogP contribution in [0.2, 0.25) is 0 Å². The number of piperidine rings is 1. The number of halogens is 1. The van der Waals surface area contributed by atoms with Gasteiger partial charge in [-0.3, -0.25) is 4.79 Å². The molecule has 0 spiro atoms. The monoisotopic (exact) mass is 411 g/mol. The van der Waals surface area contributed by atoms with Gasteiger partial charge in [0, 0.05) is 30.0 Å². The van der Waals surface area contributed by atoms with E-state index in [9.17, 15) is 4.79 Å². The predicted octanol–water partition coefficient (Wildman–Crippen LogP) is 4.90. The van der Waals surface area contributed by atoms with E-state index in [2.05, 4.69) is 48.6 Å². The van der Waals surface area contributed by atoms with Gasteiger partial charge in [-0.25, -0.2) is 0 Å². The third-order valence-corrected chi connectivity index (χ3v) is 9.18. The summed E-state index contributed by atoms with van der Waals surface area (Å²) in [5.74, 6) is 2.69. The molecule has 1 saturated carbocycles. The molecule has 4 aliphatic rings. The van der Waals surface area contributed by atoms with Crippen molar-refractivity contribution in [1.29, 1.82) is 0 Å². The van der Waals surface area contributed by atoms with E-state index >= 15 is 0 Å². The molecule has 1 aliphatic heterocycles. The highest BCUT2D eigenvalue weighted by Crippen LogP contribution is 2.65. The number of likely N-dealkylation sites (tertiary alicyclic amines) is 1. The highest BCUT2D eigenvalue weighted by molar-refractivity contribution is 14.1. The topological polar surface area (TPSA) is 20.3 Å². The highest BCUT2D eigenvalue weighted by atomic mass is 127. The van der Waals surface area contributed by atoms with Crippen molar-refractivity contribution in [1.82, 2.24) is 4.90 Å². The van der Waals surface area contributed by atoms with E-state index < -0.39 is 0 Å². The lowest BCUT2D eigenvalue weighted by Crippen LogP contribution is -2.53. The quantitative estimate of drug-likeness (QED) is 0.519. The summed E-state index contributed by atoms with van der Waals surface area (Å²) in [4.78, 5) is 14.1. The van der Waals surface area contributed by atoms with Crippen LogP contribution in [0, 0.1) is 28.6 Å². The summed E-state index contributed by atoms with van der Waals surface area (Å²) >= 11 is 2.59. The van der Waals surface area contributed by atoms with Crippen LogP contribution in [0.5, 0.6) is 0 Å². The van der Waals surface area contributed by atoms with Crippen LogP contribution in [-0.2, 0) is 4.79 Å². The lowest BCUT2D eigenvalue weighted by molar-refractivity contribution is -0.135. The summed E-state index contributed by atoms with van der Waals surface area (Å²) in [6, 6.07) is 0. The van der Waals surface area contributed by atoms with E-state index in [0.29, 0.717) is 11.3 Å². The van der Waals surface area contributed by atoms with Gasteiger partial charge in [0.2, 0.25) is 5.91 Å². The van der Waals surface area contributed by atoms with Gasteiger partial charge in [-0.1, -0.05) is 26.0 Å². The van der Waals surface area contributed by atoms with Gasteiger partial charge in [-0.05, 0) is 76.0 Å². The first-order valence-electron chi connectivity index (χ1n) is 8.71. The second-order valence-corrected chi connectivity index (χ2v) is 9.48. The second-order valence-electron chi connectivity index (χ2n) is 8.32. The Kier molecular flexibility index (Phi) is 3.35.